The molecule has 4 aromatic rings. The lowest BCUT2D eigenvalue weighted by Gasteiger charge is -2.05. The minimum atomic E-state index is -0.813. The standard InChI is InChI=1S/C18H11F2N3O3S/c1-26-18(25)13-7-9(8-27-13)15-14-12(5-6-21-17(14)24)23(22-15)16-10(19)3-2-4-11(16)20/h2-8H,1H3,(H,21,24). The van der Waals surface area contributed by atoms with Gasteiger partial charge in [0.2, 0.25) is 0 Å². The number of aromatic nitrogens is 3. The number of fused-ring (bicyclic) bond motifs is 1. The summed E-state index contributed by atoms with van der Waals surface area (Å²) < 4.78 is 34.3. The molecule has 0 spiro atoms. The van der Waals surface area contributed by atoms with Gasteiger partial charge in [-0.1, -0.05) is 6.07 Å². The van der Waals surface area contributed by atoms with Crippen LogP contribution in [0.15, 0.2) is 46.7 Å². The number of para-hydroxylation sites is 1. The summed E-state index contributed by atoms with van der Waals surface area (Å²) in [5.41, 5.74) is 0.0705. The van der Waals surface area contributed by atoms with Gasteiger partial charge in [0.25, 0.3) is 5.56 Å². The highest BCUT2D eigenvalue weighted by molar-refractivity contribution is 7.12. The summed E-state index contributed by atoms with van der Waals surface area (Å²) in [6.07, 6.45) is 1.37. The molecule has 3 heterocycles. The number of aromatic amines is 1. The number of nitrogens with zero attached hydrogens (tertiary/aromatic N) is 2. The number of hydrogen-bond donors (Lipinski definition) is 1. The van der Waals surface area contributed by atoms with Crippen LogP contribution in [0.3, 0.4) is 0 Å². The molecule has 9 heteroatoms. The van der Waals surface area contributed by atoms with Crippen molar-refractivity contribution >= 4 is 28.2 Å². The molecule has 0 fully saturated rings. The number of esters is 1. The summed E-state index contributed by atoms with van der Waals surface area (Å²) in [6, 6.07) is 6.49. The molecule has 4 rings (SSSR count). The van der Waals surface area contributed by atoms with Gasteiger partial charge in [-0.3, -0.25) is 4.79 Å². The van der Waals surface area contributed by atoms with E-state index in [2.05, 4.69) is 14.8 Å². The Morgan fingerprint density at radius 1 is 1.26 bits per heavy atom. The fourth-order valence-corrected chi connectivity index (χ4v) is 3.62. The molecule has 0 aliphatic rings. The molecule has 0 atom stereocenters. The molecule has 27 heavy (non-hydrogen) atoms. The minimum Gasteiger partial charge on any atom is -0.465 e. The molecule has 0 aliphatic carbocycles. The first-order chi connectivity index (χ1) is 13.0. The lowest BCUT2D eigenvalue weighted by molar-refractivity contribution is 0.0606. The van der Waals surface area contributed by atoms with Crippen molar-refractivity contribution in [3.8, 4) is 16.9 Å². The Hall–Kier alpha value is -3.33. The van der Waals surface area contributed by atoms with E-state index in [9.17, 15) is 18.4 Å². The predicted octanol–water partition coefficient (Wildman–Crippen LogP) is 3.51. The lowest BCUT2D eigenvalue weighted by Crippen LogP contribution is -2.06. The van der Waals surface area contributed by atoms with Gasteiger partial charge in [0.05, 0.1) is 18.0 Å². The van der Waals surface area contributed by atoms with Crippen molar-refractivity contribution < 1.29 is 18.3 Å². The Morgan fingerprint density at radius 3 is 2.70 bits per heavy atom. The fraction of sp³-hybridized carbons (Fsp3) is 0.0556. The van der Waals surface area contributed by atoms with E-state index in [0.717, 1.165) is 28.2 Å². The van der Waals surface area contributed by atoms with Crippen molar-refractivity contribution in [2.24, 2.45) is 0 Å². The van der Waals surface area contributed by atoms with Gasteiger partial charge in [-0.15, -0.1) is 11.3 Å². The van der Waals surface area contributed by atoms with Gasteiger partial charge >= 0.3 is 5.97 Å². The van der Waals surface area contributed by atoms with E-state index in [-0.39, 0.29) is 22.3 Å². The van der Waals surface area contributed by atoms with E-state index in [0.29, 0.717) is 10.4 Å². The predicted molar refractivity (Wildman–Crippen MR) is 96.3 cm³/mol. The number of carbonyl (C=O) groups is 1. The Labute approximate surface area is 154 Å². The Balaban J connectivity index is 2.02. The van der Waals surface area contributed by atoms with Gasteiger partial charge in [-0.2, -0.15) is 5.10 Å². The monoisotopic (exact) mass is 387 g/mol. The molecule has 3 aromatic heterocycles. The number of benzene rings is 1. The van der Waals surface area contributed by atoms with E-state index < -0.39 is 23.2 Å². The van der Waals surface area contributed by atoms with E-state index in [1.807, 2.05) is 0 Å². The first-order valence-corrected chi connectivity index (χ1v) is 8.61. The number of pyridine rings is 1. The molecule has 0 bridgehead atoms. The van der Waals surface area contributed by atoms with Crippen LogP contribution < -0.4 is 5.56 Å². The number of ether oxygens (including phenoxy) is 1. The summed E-state index contributed by atoms with van der Waals surface area (Å²) in [5.74, 6) is -2.15. The number of H-pyrrole nitrogens is 1. The highest BCUT2D eigenvalue weighted by atomic mass is 32.1. The topological polar surface area (TPSA) is 77.0 Å². The lowest BCUT2D eigenvalue weighted by atomic mass is 10.1. The number of methoxy groups -OCH3 is 1. The molecule has 0 unspecified atom stereocenters. The normalized spacial score (nSPS) is 11.1. The first kappa shape index (κ1) is 17.1. The van der Waals surface area contributed by atoms with Gasteiger partial charge in [-0.25, -0.2) is 18.3 Å². The van der Waals surface area contributed by atoms with Crippen LogP contribution in [0.1, 0.15) is 9.67 Å². The second kappa shape index (κ2) is 6.44. The summed E-state index contributed by atoms with van der Waals surface area (Å²) in [4.78, 5) is 27.0. The average molecular weight is 387 g/mol. The zero-order chi connectivity index (χ0) is 19.1. The summed E-state index contributed by atoms with van der Waals surface area (Å²) in [5, 5.41) is 6.07. The highest BCUT2D eigenvalue weighted by Crippen LogP contribution is 2.32. The maximum Gasteiger partial charge on any atom is 0.348 e. The summed E-state index contributed by atoms with van der Waals surface area (Å²) in [7, 11) is 1.26. The number of nitrogens with one attached hydrogen (secondary N) is 1. The quantitative estimate of drug-likeness (QED) is 0.546. The molecule has 0 radical (unpaired) electrons. The van der Waals surface area contributed by atoms with Crippen LogP contribution in [0.5, 0.6) is 0 Å². The summed E-state index contributed by atoms with van der Waals surface area (Å²) >= 11 is 1.12. The third-order valence-corrected chi connectivity index (χ3v) is 4.92. The third kappa shape index (κ3) is 2.72. The maximum absolute atomic E-state index is 14.3. The van der Waals surface area contributed by atoms with Gasteiger partial charge < -0.3 is 9.72 Å². The van der Waals surface area contributed by atoms with Crippen LogP contribution in [0.4, 0.5) is 8.78 Å². The number of rotatable bonds is 3. The van der Waals surface area contributed by atoms with Crippen LogP contribution in [-0.2, 0) is 4.74 Å². The molecular formula is C18H11F2N3O3S. The Bertz CT molecular complexity index is 1220. The van der Waals surface area contributed by atoms with Crippen molar-refractivity contribution in [1.82, 2.24) is 14.8 Å². The first-order valence-electron chi connectivity index (χ1n) is 7.73. The van der Waals surface area contributed by atoms with E-state index in [4.69, 9.17) is 0 Å². The van der Waals surface area contributed by atoms with Crippen molar-refractivity contribution in [3.63, 3.8) is 0 Å². The maximum atomic E-state index is 14.3. The van der Waals surface area contributed by atoms with Gasteiger partial charge in [-0.05, 0) is 24.3 Å². The number of hydrogen-bond acceptors (Lipinski definition) is 5. The number of thiophene rings is 1. The molecule has 0 amide bonds. The molecule has 1 N–H and O–H groups in total. The molecule has 0 saturated heterocycles. The minimum absolute atomic E-state index is 0.161. The van der Waals surface area contributed by atoms with Crippen LogP contribution in [0, 0.1) is 11.6 Å². The average Bonchev–Trinajstić information content (AvgIpc) is 3.27. The van der Waals surface area contributed by atoms with Crippen LogP contribution in [0.2, 0.25) is 0 Å². The second-order valence-corrected chi connectivity index (χ2v) is 6.50. The van der Waals surface area contributed by atoms with Crippen LogP contribution >= 0.6 is 11.3 Å². The molecule has 0 aliphatic heterocycles. The zero-order valence-electron chi connectivity index (χ0n) is 13.8. The third-order valence-electron chi connectivity index (χ3n) is 4.01. The highest BCUT2D eigenvalue weighted by Gasteiger charge is 2.22. The van der Waals surface area contributed by atoms with E-state index in [1.54, 1.807) is 5.38 Å². The Morgan fingerprint density at radius 2 is 2.00 bits per heavy atom. The van der Waals surface area contributed by atoms with Gasteiger partial charge in [0, 0.05) is 17.1 Å². The van der Waals surface area contributed by atoms with Gasteiger partial charge in [0.15, 0.2) is 11.6 Å². The van der Waals surface area contributed by atoms with Crippen LogP contribution in [0.25, 0.3) is 27.8 Å². The van der Waals surface area contributed by atoms with Gasteiger partial charge in [0.1, 0.15) is 16.3 Å². The van der Waals surface area contributed by atoms with Crippen molar-refractivity contribution in [1.29, 1.82) is 0 Å². The van der Waals surface area contributed by atoms with Crippen molar-refractivity contribution in [2.45, 2.75) is 0 Å². The number of halogens is 2. The smallest absolute Gasteiger partial charge is 0.348 e. The van der Waals surface area contributed by atoms with E-state index in [1.165, 1.54) is 31.5 Å². The largest absolute Gasteiger partial charge is 0.465 e. The molecular weight excluding hydrogens is 376 g/mol. The molecule has 0 saturated carbocycles. The summed E-state index contributed by atoms with van der Waals surface area (Å²) in [6.45, 7) is 0. The SMILES string of the molecule is COC(=O)c1cc(-c2nn(-c3c(F)cccc3F)c3cc[nH]c(=O)c23)cs1. The number of carbonyl (C=O) groups excluding carboxylic acids is 1. The zero-order valence-corrected chi connectivity index (χ0v) is 14.6. The molecule has 136 valence electrons. The molecule has 1 aromatic carbocycles. The van der Waals surface area contributed by atoms with Crippen LogP contribution in [-0.4, -0.2) is 27.8 Å². The molecule has 6 nitrogen and oxygen atoms in total. The van der Waals surface area contributed by atoms with Crippen molar-refractivity contribution in [2.75, 3.05) is 7.11 Å². The van der Waals surface area contributed by atoms with Crippen molar-refractivity contribution in [3.05, 3.63) is 68.8 Å². The Kier molecular flexibility index (Phi) is 4.08. The van der Waals surface area contributed by atoms with E-state index >= 15 is 0 Å². The fourth-order valence-electron chi connectivity index (χ4n) is 2.81. The second-order valence-electron chi connectivity index (χ2n) is 5.59.